The Balaban J connectivity index is 2.30. The predicted molar refractivity (Wildman–Crippen MR) is 94.1 cm³/mol. The summed E-state index contributed by atoms with van der Waals surface area (Å²) in [6.07, 6.45) is -0.755. The first-order valence-electron chi connectivity index (χ1n) is 7.70. The molecule has 0 aliphatic rings. The van der Waals surface area contributed by atoms with Crippen molar-refractivity contribution in [2.45, 2.75) is 32.8 Å². The minimum atomic E-state index is -0.658. The van der Waals surface area contributed by atoms with E-state index in [0.29, 0.717) is 0 Å². The van der Waals surface area contributed by atoms with Gasteiger partial charge in [-0.3, -0.25) is 9.59 Å². The number of anilines is 1. The lowest BCUT2D eigenvalue weighted by atomic mass is 10.2. The van der Waals surface area contributed by atoms with Crippen LogP contribution in [0, 0.1) is 0 Å². The summed E-state index contributed by atoms with van der Waals surface area (Å²) in [6, 6.07) is 1.54. The third-order valence-electron chi connectivity index (χ3n) is 2.67. The molecule has 144 valence electrons. The third kappa shape index (κ3) is 7.97. The lowest BCUT2D eigenvalue weighted by Gasteiger charge is -2.19. The fourth-order valence-corrected chi connectivity index (χ4v) is 2.41. The maximum atomic E-state index is 11.8. The van der Waals surface area contributed by atoms with E-state index >= 15 is 0 Å². The summed E-state index contributed by atoms with van der Waals surface area (Å²) in [7, 11) is 1.24. The number of amides is 2. The normalized spacial score (nSPS) is 10.6. The van der Waals surface area contributed by atoms with E-state index in [4.69, 9.17) is 9.47 Å². The molecule has 0 fully saturated rings. The SMILES string of the molecule is COC(=O)c1sccc1NC(=O)COC(=O)CCNC(=O)OC(C)(C)C. The van der Waals surface area contributed by atoms with Gasteiger partial charge in [-0.15, -0.1) is 11.3 Å². The highest BCUT2D eigenvalue weighted by atomic mass is 32.1. The summed E-state index contributed by atoms with van der Waals surface area (Å²) in [6.45, 7) is 4.67. The molecule has 2 N–H and O–H groups in total. The molecule has 0 aliphatic heterocycles. The van der Waals surface area contributed by atoms with Gasteiger partial charge in [0.2, 0.25) is 0 Å². The molecule has 1 aromatic heterocycles. The maximum Gasteiger partial charge on any atom is 0.407 e. The zero-order valence-corrected chi connectivity index (χ0v) is 15.9. The minimum Gasteiger partial charge on any atom is -0.465 e. The van der Waals surface area contributed by atoms with E-state index < -0.39 is 36.1 Å². The molecule has 10 heteroatoms. The van der Waals surface area contributed by atoms with E-state index in [-0.39, 0.29) is 23.5 Å². The van der Waals surface area contributed by atoms with Crippen LogP contribution < -0.4 is 10.6 Å². The molecule has 0 aliphatic carbocycles. The van der Waals surface area contributed by atoms with Gasteiger partial charge in [-0.1, -0.05) is 0 Å². The monoisotopic (exact) mass is 386 g/mol. The lowest BCUT2D eigenvalue weighted by molar-refractivity contribution is -0.147. The molecule has 1 rings (SSSR count). The summed E-state index contributed by atoms with van der Waals surface area (Å²) in [4.78, 5) is 46.5. The van der Waals surface area contributed by atoms with E-state index in [2.05, 4.69) is 15.4 Å². The van der Waals surface area contributed by atoms with Crippen LogP contribution in [-0.4, -0.2) is 49.8 Å². The van der Waals surface area contributed by atoms with Gasteiger partial charge < -0.3 is 24.8 Å². The zero-order valence-electron chi connectivity index (χ0n) is 15.0. The summed E-state index contributed by atoms with van der Waals surface area (Å²) in [5, 5.41) is 6.49. The van der Waals surface area contributed by atoms with E-state index in [1.807, 2.05) is 0 Å². The Hall–Kier alpha value is -2.62. The summed E-state index contributed by atoms with van der Waals surface area (Å²) in [5.74, 6) is -1.82. The Morgan fingerprint density at radius 1 is 1.19 bits per heavy atom. The van der Waals surface area contributed by atoms with E-state index in [1.165, 1.54) is 7.11 Å². The second-order valence-electron chi connectivity index (χ2n) is 6.04. The molecule has 0 unspecified atom stereocenters. The highest BCUT2D eigenvalue weighted by Crippen LogP contribution is 2.22. The molecule has 0 spiro atoms. The minimum absolute atomic E-state index is 0.0202. The second-order valence-corrected chi connectivity index (χ2v) is 6.96. The lowest BCUT2D eigenvalue weighted by Crippen LogP contribution is -2.34. The van der Waals surface area contributed by atoms with Gasteiger partial charge >= 0.3 is 18.0 Å². The van der Waals surface area contributed by atoms with Crippen LogP contribution in [0.15, 0.2) is 11.4 Å². The van der Waals surface area contributed by atoms with Crippen molar-refractivity contribution in [3.63, 3.8) is 0 Å². The first-order valence-corrected chi connectivity index (χ1v) is 8.58. The van der Waals surface area contributed by atoms with Gasteiger partial charge in [-0.25, -0.2) is 9.59 Å². The van der Waals surface area contributed by atoms with Crippen LogP contribution in [0.4, 0.5) is 10.5 Å². The fraction of sp³-hybridized carbons (Fsp3) is 0.500. The number of nitrogens with one attached hydrogen (secondary N) is 2. The van der Waals surface area contributed by atoms with Crippen LogP contribution in [0.25, 0.3) is 0 Å². The fourth-order valence-electron chi connectivity index (χ4n) is 1.64. The average Bonchev–Trinajstić information content (AvgIpc) is 2.98. The maximum absolute atomic E-state index is 11.8. The van der Waals surface area contributed by atoms with Gasteiger partial charge in [0.1, 0.15) is 10.5 Å². The number of thiophene rings is 1. The molecule has 26 heavy (non-hydrogen) atoms. The van der Waals surface area contributed by atoms with Gasteiger partial charge in [0.05, 0.1) is 19.2 Å². The van der Waals surface area contributed by atoms with Crippen LogP contribution in [0.3, 0.4) is 0 Å². The zero-order chi connectivity index (χ0) is 19.7. The highest BCUT2D eigenvalue weighted by molar-refractivity contribution is 7.12. The van der Waals surface area contributed by atoms with Crippen LogP contribution in [-0.2, 0) is 23.8 Å². The van der Waals surface area contributed by atoms with E-state index in [0.717, 1.165) is 11.3 Å². The smallest absolute Gasteiger partial charge is 0.407 e. The van der Waals surface area contributed by atoms with Gasteiger partial charge in [0.15, 0.2) is 6.61 Å². The van der Waals surface area contributed by atoms with E-state index in [9.17, 15) is 19.2 Å². The quantitative estimate of drug-likeness (QED) is 0.543. The van der Waals surface area contributed by atoms with Gasteiger partial charge in [-0.2, -0.15) is 0 Å². The van der Waals surface area contributed by atoms with Crippen molar-refractivity contribution in [2.24, 2.45) is 0 Å². The first-order chi connectivity index (χ1) is 12.1. The predicted octanol–water partition coefficient (Wildman–Crippen LogP) is 1.93. The molecule has 2 amide bonds. The summed E-state index contributed by atoms with van der Waals surface area (Å²) >= 11 is 1.12. The van der Waals surface area contributed by atoms with Crippen molar-refractivity contribution >= 4 is 41.0 Å². The molecular weight excluding hydrogens is 364 g/mol. The highest BCUT2D eigenvalue weighted by Gasteiger charge is 2.17. The molecule has 0 aromatic carbocycles. The number of hydrogen-bond donors (Lipinski definition) is 2. The number of methoxy groups -OCH3 is 1. The Morgan fingerprint density at radius 2 is 1.88 bits per heavy atom. The van der Waals surface area contributed by atoms with Crippen molar-refractivity contribution in [3.05, 3.63) is 16.3 Å². The molecule has 0 saturated carbocycles. The number of rotatable bonds is 7. The average molecular weight is 386 g/mol. The molecule has 0 bridgehead atoms. The van der Waals surface area contributed by atoms with Crippen molar-refractivity contribution < 1.29 is 33.4 Å². The molecule has 0 radical (unpaired) electrons. The van der Waals surface area contributed by atoms with Gasteiger partial charge in [0.25, 0.3) is 5.91 Å². The van der Waals surface area contributed by atoms with Crippen LogP contribution in [0.5, 0.6) is 0 Å². The summed E-state index contributed by atoms with van der Waals surface area (Å²) in [5.41, 5.74) is -0.345. The molecule has 0 atom stereocenters. The van der Waals surface area contributed by atoms with Crippen LogP contribution >= 0.6 is 11.3 Å². The number of carbonyl (C=O) groups is 4. The standard InChI is InChI=1S/C16H22N2O7S/c1-16(2,3)25-15(22)17-7-5-12(20)24-9-11(19)18-10-6-8-26-13(10)14(21)23-4/h6,8H,5,7,9H2,1-4H3,(H,17,22)(H,18,19). The number of hydrogen-bond acceptors (Lipinski definition) is 8. The number of ether oxygens (including phenoxy) is 3. The van der Waals surface area contributed by atoms with E-state index in [1.54, 1.807) is 32.2 Å². The van der Waals surface area contributed by atoms with Crippen molar-refractivity contribution in [2.75, 3.05) is 25.6 Å². The van der Waals surface area contributed by atoms with Crippen LogP contribution in [0.1, 0.15) is 36.9 Å². The van der Waals surface area contributed by atoms with Gasteiger partial charge in [-0.05, 0) is 32.2 Å². The first kappa shape index (κ1) is 21.4. The molecule has 9 nitrogen and oxygen atoms in total. The molecule has 1 heterocycles. The third-order valence-corrected chi connectivity index (χ3v) is 3.57. The summed E-state index contributed by atoms with van der Waals surface area (Å²) < 4.78 is 14.4. The van der Waals surface area contributed by atoms with Gasteiger partial charge in [0, 0.05) is 6.54 Å². The van der Waals surface area contributed by atoms with Crippen molar-refractivity contribution in [1.82, 2.24) is 5.32 Å². The Labute approximate surface area is 155 Å². The largest absolute Gasteiger partial charge is 0.465 e. The molecule has 1 aromatic rings. The Bertz CT molecular complexity index is 664. The van der Waals surface area contributed by atoms with Crippen molar-refractivity contribution in [1.29, 1.82) is 0 Å². The van der Waals surface area contributed by atoms with Crippen molar-refractivity contribution in [3.8, 4) is 0 Å². The Morgan fingerprint density at radius 3 is 2.50 bits per heavy atom. The molecular formula is C16H22N2O7S. The topological polar surface area (TPSA) is 120 Å². The number of alkyl carbamates (subject to hydrolysis) is 1. The Kier molecular flexibility index (Phi) is 8.04. The number of esters is 2. The second kappa shape index (κ2) is 9.76. The number of carbonyl (C=O) groups excluding carboxylic acids is 4. The van der Waals surface area contributed by atoms with Crippen LogP contribution in [0.2, 0.25) is 0 Å². The molecule has 0 saturated heterocycles.